The van der Waals surface area contributed by atoms with E-state index in [1.807, 2.05) is 0 Å². The van der Waals surface area contributed by atoms with Gasteiger partial charge in [0.15, 0.2) is 5.78 Å². The molecule has 0 saturated carbocycles. The molecule has 0 spiro atoms. The summed E-state index contributed by atoms with van der Waals surface area (Å²) >= 11 is 0. The fourth-order valence-corrected chi connectivity index (χ4v) is 1.29. The molecule has 0 amide bonds. The van der Waals surface area contributed by atoms with Gasteiger partial charge in [-0.25, -0.2) is 13.2 Å². The summed E-state index contributed by atoms with van der Waals surface area (Å²) < 4.78 is 74.8. The first kappa shape index (κ1) is 13.5. The molecule has 0 aliphatic carbocycles. The number of hydrogen-bond acceptors (Lipinski definition) is 1. The quantitative estimate of drug-likeness (QED) is 0.577. The smallest absolute Gasteiger partial charge is 0.294 e. The Morgan fingerprint density at radius 2 is 1.76 bits per heavy atom. The lowest BCUT2D eigenvalue weighted by Crippen LogP contribution is -2.11. The Balaban J connectivity index is 3.53. The number of hydrogen-bond donors (Lipinski definition) is 0. The fourth-order valence-electron chi connectivity index (χ4n) is 1.29. The number of alkyl halides is 5. The van der Waals surface area contributed by atoms with E-state index in [1.165, 1.54) is 0 Å². The van der Waals surface area contributed by atoms with E-state index < -0.39 is 40.9 Å². The summed E-state index contributed by atoms with van der Waals surface area (Å²) in [5, 5.41) is 0. The third-order valence-corrected chi connectivity index (χ3v) is 2.05. The van der Waals surface area contributed by atoms with Crippen LogP contribution in [0.2, 0.25) is 0 Å². The molecule has 0 heterocycles. The molecule has 0 N–H and O–H groups in total. The minimum Gasteiger partial charge on any atom is -0.294 e. The van der Waals surface area contributed by atoms with Crippen LogP contribution >= 0.6 is 0 Å². The highest BCUT2D eigenvalue weighted by atomic mass is 19.4. The van der Waals surface area contributed by atoms with Crippen molar-refractivity contribution in [1.29, 1.82) is 0 Å². The summed E-state index contributed by atoms with van der Waals surface area (Å²) in [6.45, 7) is 0.792. The van der Waals surface area contributed by atoms with Crippen LogP contribution in [0.5, 0.6) is 0 Å². The number of carbonyl (C=O) groups excluding carboxylic acids is 1. The summed E-state index contributed by atoms with van der Waals surface area (Å²) in [7, 11) is 0. The minimum atomic E-state index is -4.90. The van der Waals surface area contributed by atoms with Gasteiger partial charge in [0.25, 0.3) is 6.43 Å². The lowest BCUT2D eigenvalue weighted by Gasteiger charge is -2.12. The molecule has 0 aromatic heterocycles. The van der Waals surface area contributed by atoms with Crippen molar-refractivity contribution in [2.45, 2.75) is 19.5 Å². The van der Waals surface area contributed by atoms with Crippen LogP contribution < -0.4 is 0 Å². The molecule has 1 aromatic rings. The summed E-state index contributed by atoms with van der Waals surface area (Å²) in [4.78, 5) is 10.9. The summed E-state index contributed by atoms with van der Waals surface area (Å²) in [6, 6.07) is 0.181. The number of rotatable bonds is 2. The molecule has 94 valence electrons. The highest BCUT2D eigenvalue weighted by molar-refractivity contribution is 5.96. The summed E-state index contributed by atoms with van der Waals surface area (Å²) in [5.74, 6) is -2.79. The van der Waals surface area contributed by atoms with Gasteiger partial charge in [-0.2, -0.15) is 13.2 Å². The van der Waals surface area contributed by atoms with Crippen molar-refractivity contribution in [3.8, 4) is 0 Å². The van der Waals surface area contributed by atoms with Crippen molar-refractivity contribution >= 4 is 5.78 Å². The van der Waals surface area contributed by atoms with Gasteiger partial charge in [0.2, 0.25) is 0 Å². The van der Waals surface area contributed by atoms with E-state index in [2.05, 4.69) is 0 Å². The Kier molecular flexibility index (Phi) is 3.49. The van der Waals surface area contributed by atoms with Gasteiger partial charge in [0.05, 0.1) is 11.1 Å². The molecule has 0 aliphatic heterocycles. The fraction of sp³-hybridized carbons (Fsp3) is 0.300. The average molecular weight is 256 g/mol. The Morgan fingerprint density at radius 3 is 2.12 bits per heavy atom. The largest absolute Gasteiger partial charge is 0.416 e. The molecule has 1 rings (SSSR count). The standard InChI is InChI=1S/C10H6F6O/c1-4(17)6-2-5(10(14,15)16)3-7(11)8(6)9(12)13/h2-3,9H,1H3. The van der Waals surface area contributed by atoms with Crippen molar-refractivity contribution in [2.24, 2.45) is 0 Å². The van der Waals surface area contributed by atoms with Gasteiger partial charge in [-0.3, -0.25) is 4.79 Å². The van der Waals surface area contributed by atoms with Crippen LogP contribution in [0.25, 0.3) is 0 Å². The maximum Gasteiger partial charge on any atom is 0.416 e. The van der Waals surface area contributed by atoms with E-state index in [-0.39, 0.29) is 12.1 Å². The van der Waals surface area contributed by atoms with E-state index in [9.17, 15) is 31.1 Å². The van der Waals surface area contributed by atoms with Crippen LogP contribution in [-0.4, -0.2) is 5.78 Å². The number of halogens is 6. The lowest BCUT2D eigenvalue weighted by molar-refractivity contribution is -0.137. The second-order valence-electron chi connectivity index (χ2n) is 3.27. The first-order valence-corrected chi connectivity index (χ1v) is 4.34. The highest BCUT2D eigenvalue weighted by Gasteiger charge is 2.34. The molecule has 7 heteroatoms. The van der Waals surface area contributed by atoms with E-state index in [1.54, 1.807) is 0 Å². The zero-order valence-electron chi connectivity index (χ0n) is 8.41. The van der Waals surface area contributed by atoms with Gasteiger partial charge in [0, 0.05) is 5.56 Å². The molecule has 0 radical (unpaired) electrons. The normalized spacial score (nSPS) is 12.0. The minimum absolute atomic E-state index is 0.0477. The Morgan fingerprint density at radius 1 is 1.24 bits per heavy atom. The summed E-state index contributed by atoms with van der Waals surface area (Å²) in [6.07, 6.45) is -8.25. The maximum absolute atomic E-state index is 13.1. The van der Waals surface area contributed by atoms with Crippen LogP contribution in [-0.2, 0) is 6.18 Å². The SMILES string of the molecule is CC(=O)c1cc(C(F)(F)F)cc(F)c1C(F)F. The van der Waals surface area contributed by atoms with Gasteiger partial charge in [0.1, 0.15) is 5.82 Å². The number of Topliss-reactive ketones (excluding diaryl/α,β-unsaturated/α-hetero) is 1. The van der Waals surface area contributed by atoms with Gasteiger partial charge in [-0.15, -0.1) is 0 Å². The van der Waals surface area contributed by atoms with Crippen LogP contribution in [0.3, 0.4) is 0 Å². The molecule has 1 aromatic carbocycles. The Bertz CT molecular complexity index is 449. The first-order valence-electron chi connectivity index (χ1n) is 4.34. The van der Waals surface area contributed by atoms with Gasteiger partial charge in [-0.05, 0) is 19.1 Å². The second kappa shape index (κ2) is 4.38. The average Bonchev–Trinajstić information content (AvgIpc) is 2.13. The molecule has 0 fully saturated rings. The predicted molar refractivity (Wildman–Crippen MR) is 46.4 cm³/mol. The molecule has 0 atom stereocenters. The van der Waals surface area contributed by atoms with Crippen molar-refractivity contribution < 1.29 is 31.1 Å². The highest BCUT2D eigenvalue weighted by Crippen LogP contribution is 2.34. The zero-order chi connectivity index (χ0) is 13.4. The molecule has 1 nitrogen and oxygen atoms in total. The molecular formula is C10H6F6O. The van der Waals surface area contributed by atoms with Gasteiger partial charge < -0.3 is 0 Å². The van der Waals surface area contributed by atoms with Crippen molar-refractivity contribution in [3.63, 3.8) is 0 Å². The van der Waals surface area contributed by atoms with E-state index in [0.717, 1.165) is 6.92 Å². The molecule has 0 aliphatic rings. The zero-order valence-corrected chi connectivity index (χ0v) is 8.41. The number of carbonyl (C=O) groups is 1. The number of ketones is 1. The second-order valence-corrected chi connectivity index (χ2v) is 3.27. The third kappa shape index (κ3) is 2.78. The Hall–Kier alpha value is -1.53. The Labute approximate surface area is 92.0 Å². The summed E-state index contributed by atoms with van der Waals surface area (Å²) in [5.41, 5.74) is -3.72. The monoisotopic (exact) mass is 256 g/mol. The topological polar surface area (TPSA) is 17.1 Å². The van der Waals surface area contributed by atoms with Gasteiger partial charge in [-0.1, -0.05) is 0 Å². The van der Waals surface area contributed by atoms with Crippen LogP contribution in [0.4, 0.5) is 26.3 Å². The lowest BCUT2D eigenvalue weighted by atomic mass is 10.0. The molecule has 17 heavy (non-hydrogen) atoms. The van der Waals surface area contributed by atoms with Crippen molar-refractivity contribution in [3.05, 3.63) is 34.6 Å². The molecule has 0 saturated heterocycles. The van der Waals surface area contributed by atoms with Crippen LogP contribution in [0.15, 0.2) is 12.1 Å². The van der Waals surface area contributed by atoms with Crippen LogP contribution in [0.1, 0.15) is 34.8 Å². The molecular weight excluding hydrogens is 250 g/mol. The van der Waals surface area contributed by atoms with Crippen molar-refractivity contribution in [2.75, 3.05) is 0 Å². The van der Waals surface area contributed by atoms with E-state index in [4.69, 9.17) is 0 Å². The third-order valence-electron chi connectivity index (χ3n) is 2.05. The van der Waals surface area contributed by atoms with Crippen LogP contribution in [0, 0.1) is 5.82 Å². The first-order chi connectivity index (χ1) is 7.64. The predicted octanol–water partition coefficient (Wildman–Crippen LogP) is 3.98. The molecule has 0 bridgehead atoms. The van der Waals surface area contributed by atoms with Crippen molar-refractivity contribution in [1.82, 2.24) is 0 Å². The maximum atomic E-state index is 13.1. The molecule has 0 unspecified atom stereocenters. The van der Waals surface area contributed by atoms with E-state index >= 15 is 0 Å². The van der Waals surface area contributed by atoms with Gasteiger partial charge >= 0.3 is 6.18 Å². The van der Waals surface area contributed by atoms with E-state index in [0.29, 0.717) is 0 Å². The number of benzene rings is 1.